The lowest BCUT2D eigenvalue weighted by atomic mass is 9.96. The van der Waals surface area contributed by atoms with Gasteiger partial charge in [-0.1, -0.05) is 17.7 Å². The quantitative estimate of drug-likeness (QED) is 0.620. The molecule has 0 aliphatic carbocycles. The molecule has 2 atom stereocenters. The van der Waals surface area contributed by atoms with Crippen LogP contribution in [0.1, 0.15) is 60.8 Å². The number of carbonyl (C=O) groups excluding carboxylic acids is 1. The Hall–Kier alpha value is -2.29. The van der Waals surface area contributed by atoms with E-state index in [-0.39, 0.29) is 17.1 Å². The summed E-state index contributed by atoms with van der Waals surface area (Å²) in [5, 5.41) is 6.73. The predicted octanol–water partition coefficient (Wildman–Crippen LogP) is 4.19. The summed E-state index contributed by atoms with van der Waals surface area (Å²) in [5.74, 6) is 0.928. The summed E-state index contributed by atoms with van der Waals surface area (Å²) in [7, 11) is 0. The molecule has 1 aromatic heterocycles. The van der Waals surface area contributed by atoms with Crippen molar-refractivity contribution < 1.29 is 13.9 Å². The molecule has 3 aliphatic rings. The van der Waals surface area contributed by atoms with Crippen LogP contribution in [0.2, 0.25) is 5.02 Å². The van der Waals surface area contributed by atoms with Crippen LogP contribution in [0.5, 0.6) is 0 Å². The van der Waals surface area contributed by atoms with E-state index in [9.17, 15) is 9.18 Å². The minimum atomic E-state index is -0.469. The van der Waals surface area contributed by atoms with E-state index in [4.69, 9.17) is 21.3 Å². The van der Waals surface area contributed by atoms with Crippen molar-refractivity contribution in [3.05, 3.63) is 57.9 Å². The van der Waals surface area contributed by atoms with Gasteiger partial charge < -0.3 is 20.3 Å². The van der Waals surface area contributed by atoms with Gasteiger partial charge >= 0.3 is 6.03 Å². The highest BCUT2D eigenvalue weighted by Crippen LogP contribution is 2.27. The third-order valence-corrected chi connectivity index (χ3v) is 7.73. The Labute approximate surface area is 210 Å². The first kappa shape index (κ1) is 24.4. The molecular weight excluding hydrogens is 469 g/mol. The summed E-state index contributed by atoms with van der Waals surface area (Å²) < 4.78 is 19.7. The van der Waals surface area contributed by atoms with Crippen molar-refractivity contribution in [2.75, 3.05) is 26.3 Å². The summed E-state index contributed by atoms with van der Waals surface area (Å²) in [6.07, 6.45) is 8.44. The van der Waals surface area contributed by atoms with E-state index in [0.717, 1.165) is 80.9 Å². The van der Waals surface area contributed by atoms with Crippen LogP contribution in [0, 0.1) is 11.7 Å². The van der Waals surface area contributed by atoms with Gasteiger partial charge in [-0.05, 0) is 74.2 Å². The van der Waals surface area contributed by atoms with Gasteiger partial charge in [0, 0.05) is 38.4 Å². The number of ether oxygens (including phenoxy) is 1. The van der Waals surface area contributed by atoms with Gasteiger partial charge in [-0.15, -0.1) is 0 Å². The Morgan fingerprint density at radius 2 is 2.17 bits per heavy atom. The van der Waals surface area contributed by atoms with Crippen molar-refractivity contribution in [2.24, 2.45) is 5.92 Å². The smallest absolute Gasteiger partial charge is 0.318 e. The van der Waals surface area contributed by atoms with Crippen LogP contribution in [0.3, 0.4) is 0 Å². The van der Waals surface area contributed by atoms with E-state index in [1.54, 1.807) is 17.0 Å². The highest BCUT2D eigenvalue weighted by Gasteiger charge is 2.28. The van der Waals surface area contributed by atoms with Crippen molar-refractivity contribution in [1.82, 2.24) is 25.5 Å². The third-order valence-electron chi connectivity index (χ3n) is 7.42. The maximum absolute atomic E-state index is 14.2. The molecule has 0 spiro atoms. The number of nitrogens with zero attached hydrogens (tertiary/aromatic N) is 3. The topological polar surface area (TPSA) is 79.4 Å². The molecule has 7 nitrogen and oxygen atoms in total. The number of amides is 2. The summed E-state index contributed by atoms with van der Waals surface area (Å²) in [5.41, 5.74) is 2.76. The molecule has 35 heavy (non-hydrogen) atoms. The second-order valence-electron chi connectivity index (χ2n) is 9.89. The number of aromatic nitrogens is 2. The lowest BCUT2D eigenvalue weighted by Crippen LogP contribution is -2.45. The Bertz CT molecular complexity index is 1040. The van der Waals surface area contributed by atoms with Gasteiger partial charge in [-0.2, -0.15) is 0 Å². The SMILES string of the molecule is O=C(NC(C[C@H]1CCCN1)c1ccc(Cl)c(F)c1)N1CCc2cnc(CC3CCOCC3)nc2C1. The molecule has 5 rings (SSSR count). The first-order valence-corrected chi connectivity index (χ1v) is 13.1. The molecule has 0 radical (unpaired) electrons. The molecule has 188 valence electrons. The molecule has 2 aromatic rings. The number of nitrogens with one attached hydrogen (secondary N) is 2. The van der Waals surface area contributed by atoms with Gasteiger partial charge in [0.25, 0.3) is 0 Å². The zero-order valence-electron chi connectivity index (χ0n) is 19.9. The van der Waals surface area contributed by atoms with Crippen molar-refractivity contribution in [2.45, 2.75) is 63.6 Å². The number of hydrogen-bond acceptors (Lipinski definition) is 5. The lowest BCUT2D eigenvalue weighted by Gasteiger charge is -2.31. The van der Waals surface area contributed by atoms with E-state index in [0.29, 0.717) is 31.5 Å². The first-order chi connectivity index (χ1) is 17.0. The Kier molecular flexibility index (Phi) is 7.80. The average Bonchev–Trinajstić information content (AvgIpc) is 3.39. The van der Waals surface area contributed by atoms with Crippen LogP contribution in [0.25, 0.3) is 0 Å². The van der Waals surface area contributed by atoms with Crippen LogP contribution < -0.4 is 10.6 Å². The number of benzene rings is 1. The van der Waals surface area contributed by atoms with Crippen LogP contribution in [0.15, 0.2) is 24.4 Å². The largest absolute Gasteiger partial charge is 0.381 e. The van der Waals surface area contributed by atoms with Crippen molar-refractivity contribution in [3.63, 3.8) is 0 Å². The molecule has 1 aromatic carbocycles. The lowest BCUT2D eigenvalue weighted by molar-refractivity contribution is 0.0659. The van der Waals surface area contributed by atoms with Gasteiger partial charge in [0.05, 0.1) is 23.3 Å². The van der Waals surface area contributed by atoms with Gasteiger partial charge in [-0.3, -0.25) is 0 Å². The fourth-order valence-corrected chi connectivity index (χ4v) is 5.43. The molecule has 3 aliphatic heterocycles. The zero-order chi connectivity index (χ0) is 24.2. The molecule has 2 saturated heterocycles. The van der Waals surface area contributed by atoms with Crippen LogP contribution >= 0.6 is 11.6 Å². The monoisotopic (exact) mass is 501 g/mol. The minimum Gasteiger partial charge on any atom is -0.381 e. The number of rotatable bonds is 6. The summed E-state index contributed by atoms with van der Waals surface area (Å²) in [4.78, 5) is 24.6. The number of halogens is 2. The Balaban J connectivity index is 1.27. The van der Waals surface area contributed by atoms with Crippen LogP contribution in [-0.2, 0) is 24.1 Å². The molecule has 2 fully saturated rings. The molecule has 0 bridgehead atoms. The molecule has 2 amide bonds. The third kappa shape index (κ3) is 6.11. The number of fused-ring (bicyclic) bond motifs is 1. The summed E-state index contributed by atoms with van der Waals surface area (Å²) in [6, 6.07) is 4.62. The maximum Gasteiger partial charge on any atom is 0.318 e. The second kappa shape index (κ2) is 11.2. The van der Waals surface area contributed by atoms with E-state index >= 15 is 0 Å². The van der Waals surface area contributed by atoms with E-state index in [2.05, 4.69) is 15.6 Å². The number of hydrogen-bond donors (Lipinski definition) is 2. The second-order valence-corrected chi connectivity index (χ2v) is 10.3. The van der Waals surface area contributed by atoms with Crippen LogP contribution in [0.4, 0.5) is 9.18 Å². The molecule has 1 unspecified atom stereocenters. The van der Waals surface area contributed by atoms with Gasteiger partial charge in [-0.25, -0.2) is 19.2 Å². The molecule has 2 N–H and O–H groups in total. The molecule has 4 heterocycles. The minimum absolute atomic E-state index is 0.0849. The number of urea groups is 1. The standard InChI is InChI=1S/C26H33ClFN5O2/c27-21-4-3-18(13-22(21)28)23(14-20-2-1-8-29-20)32-26(34)33-9-5-19-15-30-25(31-24(19)16-33)12-17-6-10-35-11-7-17/h3-4,13,15,17,20,23,29H,1-2,5-12,14,16H2,(H,32,34)/t20-,23?/m1/s1. The first-order valence-electron chi connectivity index (χ1n) is 12.7. The average molecular weight is 502 g/mol. The maximum atomic E-state index is 14.2. The van der Waals surface area contributed by atoms with E-state index in [1.807, 2.05) is 6.20 Å². The molecular formula is C26H33ClFN5O2. The van der Waals surface area contributed by atoms with Gasteiger partial charge in [0.15, 0.2) is 0 Å². The summed E-state index contributed by atoms with van der Waals surface area (Å²) >= 11 is 5.90. The molecule has 0 saturated carbocycles. The fraction of sp³-hybridized carbons (Fsp3) is 0.577. The summed E-state index contributed by atoms with van der Waals surface area (Å²) in [6.45, 7) is 3.63. The Morgan fingerprint density at radius 3 is 2.94 bits per heavy atom. The normalized spacial score (nSPS) is 21.5. The zero-order valence-corrected chi connectivity index (χ0v) is 20.7. The van der Waals surface area contributed by atoms with Crippen molar-refractivity contribution in [1.29, 1.82) is 0 Å². The van der Waals surface area contributed by atoms with Gasteiger partial charge in [0.1, 0.15) is 11.6 Å². The fourth-order valence-electron chi connectivity index (χ4n) is 5.32. The van der Waals surface area contributed by atoms with Crippen molar-refractivity contribution in [3.8, 4) is 0 Å². The van der Waals surface area contributed by atoms with E-state index in [1.165, 1.54) is 6.07 Å². The van der Waals surface area contributed by atoms with Crippen molar-refractivity contribution >= 4 is 17.6 Å². The highest BCUT2D eigenvalue weighted by atomic mass is 35.5. The highest BCUT2D eigenvalue weighted by molar-refractivity contribution is 6.30. The van der Waals surface area contributed by atoms with Crippen LogP contribution in [-0.4, -0.2) is 53.2 Å². The Morgan fingerprint density at radius 1 is 1.31 bits per heavy atom. The molecule has 9 heteroatoms. The number of carbonyl (C=O) groups is 1. The predicted molar refractivity (Wildman–Crippen MR) is 132 cm³/mol. The van der Waals surface area contributed by atoms with Gasteiger partial charge in [0.2, 0.25) is 0 Å². The van der Waals surface area contributed by atoms with E-state index < -0.39 is 5.82 Å².